The fraction of sp³-hybridized carbons (Fsp3) is 0.417. The van der Waals surface area contributed by atoms with E-state index in [0.29, 0.717) is 16.6 Å². The maximum Gasteiger partial charge on any atom is 0.320 e. The van der Waals surface area contributed by atoms with Crippen molar-refractivity contribution in [3.8, 4) is 0 Å². The molecule has 1 atom stereocenters. The van der Waals surface area contributed by atoms with Crippen molar-refractivity contribution in [3.05, 3.63) is 65.5 Å². The van der Waals surface area contributed by atoms with Crippen LogP contribution in [0.15, 0.2) is 48.5 Å². The summed E-state index contributed by atoms with van der Waals surface area (Å²) in [6.45, 7) is 2.50. The van der Waals surface area contributed by atoms with Gasteiger partial charge in [0.25, 0.3) is 5.91 Å². The number of halogens is 2. The summed E-state index contributed by atoms with van der Waals surface area (Å²) in [5.74, 6) is -0.298. The van der Waals surface area contributed by atoms with Crippen LogP contribution in [0.2, 0.25) is 0 Å². The average molecular weight is 427 g/mol. The van der Waals surface area contributed by atoms with Crippen LogP contribution in [0.5, 0.6) is 0 Å². The van der Waals surface area contributed by atoms with Crippen molar-refractivity contribution in [3.63, 3.8) is 0 Å². The number of carbonyl (C=O) groups excluding carboxylic acids is 1. The first-order chi connectivity index (χ1) is 15.0. The minimum absolute atomic E-state index is 0.212. The highest BCUT2D eigenvalue weighted by Crippen LogP contribution is 2.27. The zero-order valence-corrected chi connectivity index (χ0v) is 17.7. The van der Waals surface area contributed by atoms with Crippen LogP contribution >= 0.6 is 0 Å². The maximum atomic E-state index is 13.7. The Labute approximate surface area is 181 Å². The molecule has 164 valence electrons. The van der Waals surface area contributed by atoms with Crippen molar-refractivity contribution in [1.82, 2.24) is 19.8 Å². The molecule has 0 radical (unpaired) electrons. The van der Waals surface area contributed by atoms with Crippen LogP contribution in [0.1, 0.15) is 60.4 Å². The largest absolute Gasteiger partial charge is 0.351 e. The number of aromatic nitrogens is 2. The normalized spacial score (nSPS) is 16.0. The predicted octanol–water partition coefficient (Wildman–Crippen LogP) is 4.95. The molecule has 1 aromatic heterocycles. The number of carbonyl (C=O) groups is 1. The first-order valence-corrected chi connectivity index (χ1v) is 10.9. The molecule has 0 unspecified atom stereocenters. The van der Waals surface area contributed by atoms with E-state index in [2.05, 4.69) is 15.2 Å². The number of amides is 1. The molecule has 0 bridgehead atoms. The Kier molecular flexibility index (Phi) is 6.61. The van der Waals surface area contributed by atoms with E-state index in [1.807, 2.05) is 24.3 Å². The van der Waals surface area contributed by atoms with E-state index < -0.39 is 6.55 Å². The monoisotopic (exact) mass is 426 g/mol. The number of rotatable bonds is 7. The molecule has 2 aromatic carbocycles. The smallest absolute Gasteiger partial charge is 0.320 e. The Hall–Kier alpha value is -2.80. The molecule has 0 saturated carbocycles. The summed E-state index contributed by atoms with van der Waals surface area (Å²) in [5.41, 5.74) is 2.68. The summed E-state index contributed by atoms with van der Waals surface area (Å²) in [6.07, 6.45) is 3.80. The number of hydrogen-bond donors (Lipinski definition) is 1. The zero-order valence-electron chi connectivity index (χ0n) is 17.7. The van der Waals surface area contributed by atoms with Crippen LogP contribution in [-0.2, 0) is 6.54 Å². The summed E-state index contributed by atoms with van der Waals surface area (Å²) >= 11 is 0. The van der Waals surface area contributed by atoms with Crippen LogP contribution in [0.3, 0.4) is 0 Å². The minimum Gasteiger partial charge on any atom is -0.351 e. The number of likely N-dealkylation sites (tertiary alicyclic amines) is 1. The van der Waals surface area contributed by atoms with Gasteiger partial charge in [-0.2, -0.15) is 8.78 Å². The van der Waals surface area contributed by atoms with Gasteiger partial charge in [-0.25, -0.2) is 4.98 Å². The van der Waals surface area contributed by atoms with Gasteiger partial charge in [0, 0.05) is 24.6 Å². The fourth-order valence-corrected chi connectivity index (χ4v) is 4.19. The van der Waals surface area contributed by atoms with Crippen molar-refractivity contribution in [1.29, 1.82) is 0 Å². The quantitative estimate of drug-likeness (QED) is 0.582. The molecule has 4 rings (SSSR count). The minimum atomic E-state index is -2.69. The first-order valence-electron chi connectivity index (χ1n) is 10.9. The van der Waals surface area contributed by atoms with E-state index in [1.54, 1.807) is 31.2 Å². The molecule has 3 aromatic rings. The van der Waals surface area contributed by atoms with Crippen LogP contribution in [0.25, 0.3) is 11.0 Å². The number of piperidine rings is 1. The summed E-state index contributed by atoms with van der Waals surface area (Å²) < 4.78 is 28.3. The van der Waals surface area contributed by atoms with Gasteiger partial charge in [-0.3, -0.25) is 14.3 Å². The third-order valence-electron chi connectivity index (χ3n) is 5.90. The lowest BCUT2D eigenvalue weighted by atomic mass is 10.1. The third kappa shape index (κ3) is 4.93. The van der Waals surface area contributed by atoms with Crippen LogP contribution < -0.4 is 5.32 Å². The molecule has 31 heavy (non-hydrogen) atoms. The van der Waals surface area contributed by atoms with Gasteiger partial charge in [0.15, 0.2) is 0 Å². The number of fused-ring (bicyclic) bond motifs is 1. The highest BCUT2D eigenvalue weighted by molar-refractivity contribution is 5.94. The predicted molar refractivity (Wildman–Crippen MR) is 117 cm³/mol. The van der Waals surface area contributed by atoms with Crippen molar-refractivity contribution >= 4 is 16.9 Å². The van der Waals surface area contributed by atoms with Crippen molar-refractivity contribution in [2.45, 2.75) is 45.2 Å². The molecule has 2 heterocycles. The Morgan fingerprint density at radius 2 is 1.77 bits per heavy atom. The van der Waals surface area contributed by atoms with Gasteiger partial charge in [-0.1, -0.05) is 37.6 Å². The average Bonchev–Trinajstić information content (AvgIpc) is 3.18. The van der Waals surface area contributed by atoms with E-state index in [1.165, 1.54) is 24.8 Å². The SMILES string of the molecule is C[C@@H](CNC(=O)c1ccc(CN2CCCCC2)cc1)c1nc2ccccc2n1C(F)F. The van der Waals surface area contributed by atoms with Crippen molar-refractivity contribution < 1.29 is 13.6 Å². The summed E-state index contributed by atoms with van der Waals surface area (Å²) in [4.78, 5) is 19.4. The van der Waals surface area contributed by atoms with Gasteiger partial charge in [0.05, 0.1) is 11.0 Å². The van der Waals surface area contributed by atoms with E-state index in [4.69, 9.17) is 0 Å². The molecule has 7 heteroatoms. The lowest BCUT2D eigenvalue weighted by molar-refractivity contribution is 0.0704. The molecule has 1 aliphatic heterocycles. The molecule has 1 N–H and O–H groups in total. The second-order valence-electron chi connectivity index (χ2n) is 8.25. The molecule has 0 aliphatic carbocycles. The van der Waals surface area contributed by atoms with E-state index >= 15 is 0 Å². The molecule has 1 fully saturated rings. The number of hydrogen-bond acceptors (Lipinski definition) is 3. The number of nitrogens with zero attached hydrogens (tertiary/aromatic N) is 3. The number of para-hydroxylation sites is 2. The topological polar surface area (TPSA) is 50.2 Å². The number of nitrogens with one attached hydrogen (secondary N) is 1. The standard InChI is InChI=1S/C24H28F2N4O/c1-17(22-28-20-7-3-4-8-21(20)30(22)24(25)26)15-27-23(31)19-11-9-18(10-12-19)16-29-13-5-2-6-14-29/h3-4,7-12,17,24H,2,5-6,13-16H2,1H3,(H,27,31)/t17-/m0/s1. The van der Waals surface area contributed by atoms with E-state index in [0.717, 1.165) is 24.2 Å². The Morgan fingerprint density at radius 1 is 1.06 bits per heavy atom. The molecule has 5 nitrogen and oxygen atoms in total. The molecular weight excluding hydrogens is 398 g/mol. The fourth-order valence-electron chi connectivity index (χ4n) is 4.19. The van der Waals surface area contributed by atoms with Crippen LogP contribution in [0.4, 0.5) is 8.78 Å². The zero-order chi connectivity index (χ0) is 21.8. The summed E-state index contributed by atoms with van der Waals surface area (Å²) in [5, 5.41) is 2.86. The van der Waals surface area contributed by atoms with Gasteiger partial charge in [0.2, 0.25) is 0 Å². The van der Waals surface area contributed by atoms with E-state index in [-0.39, 0.29) is 24.2 Å². The van der Waals surface area contributed by atoms with Crippen molar-refractivity contribution in [2.24, 2.45) is 0 Å². The highest BCUT2D eigenvalue weighted by Gasteiger charge is 2.22. The van der Waals surface area contributed by atoms with Crippen molar-refractivity contribution in [2.75, 3.05) is 19.6 Å². The highest BCUT2D eigenvalue weighted by atomic mass is 19.3. The summed E-state index contributed by atoms with van der Waals surface area (Å²) in [7, 11) is 0. The van der Waals surface area contributed by atoms with Crippen LogP contribution in [-0.4, -0.2) is 40.0 Å². The van der Waals surface area contributed by atoms with Gasteiger partial charge in [-0.15, -0.1) is 0 Å². The Balaban J connectivity index is 1.38. The number of alkyl halides is 2. The van der Waals surface area contributed by atoms with Gasteiger partial charge >= 0.3 is 6.55 Å². The third-order valence-corrected chi connectivity index (χ3v) is 5.90. The number of imidazole rings is 1. The summed E-state index contributed by atoms with van der Waals surface area (Å²) in [6, 6.07) is 14.5. The lowest BCUT2D eigenvalue weighted by Crippen LogP contribution is -2.29. The van der Waals surface area contributed by atoms with Gasteiger partial charge in [-0.05, 0) is 55.8 Å². The van der Waals surface area contributed by atoms with Gasteiger partial charge in [0.1, 0.15) is 5.82 Å². The molecule has 1 aliphatic rings. The second-order valence-corrected chi connectivity index (χ2v) is 8.25. The molecular formula is C24H28F2N4O. The second kappa shape index (κ2) is 9.56. The Bertz CT molecular complexity index is 1030. The molecule has 1 saturated heterocycles. The Morgan fingerprint density at radius 3 is 2.48 bits per heavy atom. The number of benzene rings is 2. The molecule has 1 amide bonds. The van der Waals surface area contributed by atoms with E-state index in [9.17, 15) is 13.6 Å². The van der Waals surface area contributed by atoms with Crippen LogP contribution in [0, 0.1) is 0 Å². The maximum absolute atomic E-state index is 13.7. The van der Waals surface area contributed by atoms with Gasteiger partial charge < -0.3 is 5.32 Å². The lowest BCUT2D eigenvalue weighted by Gasteiger charge is -2.26. The molecule has 0 spiro atoms. The first kappa shape index (κ1) is 21.4.